The molecule has 1 saturated heterocycles. The van der Waals surface area contributed by atoms with Gasteiger partial charge in [-0.3, -0.25) is 9.59 Å². The third-order valence-corrected chi connectivity index (χ3v) is 6.51. The normalized spacial score (nSPS) is 15.0. The number of anilines is 1. The van der Waals surface area contributed by atoms with Gasteiger partial charge in [-0.1, -0.05) is 24.8 Å². The lowest BCUT2D eigenvalue weighted by molar-refractivity contribution is -0.113. The number of benzene rings is 1. The van der Waals surface area contributed by atoms with Gasteiger partial charge in [0.1, 0.15) is 6.33 Å². The molecule has 0 spiro atoms. The Balaban J connectivity index is 1.36. The second kappa shape index (κ2) is 11.9. The molecule has 1 aliphatic rings. The fourth-order valence-corrected chi connectivity index (χ4v) is 4.21. The number of aryl methyl sites for hydroxylation is 1. The smallest absolute Gasteiger partial charge is 0.251 e. The lowest BCUT2D eigenvalue weighted by Gasteiger charge is -2.30. The summed E-state index contributed by atoms with van der Waals surface area (Å²) >= 11 is 1.31. The van der Waals surface area contributed by atoms with Crippen LogP contribution in [0.1, 0.15) is 43.0 Å². The van der Waals surface area contributed by atoms with Gasteiger partial charge in [-0.2, -0.15) is 0 Å². The van der Waals surface area contributed by atoms with Gasteiger partial charge in [0.25, 0.3) is 5.91 Å². The highest BCUT2D eigenvalue weighted by Gasteiger charge is 2.15. The van der Waals surface area contributed by atoms with Crippen LogP contribution >= 0.6 is 11.8 Å². The van der Waals surface area contributed by atoms with Crippen molar-refractivity contribution in [3.8, 4) is 0 Å². The van der Waals surface area contributed by atoms with Crippen LogP contribution in [0.5, 0.6) is 0 Å². The number of nitrogens with one attached hydrogen (secondary N) is 2. The van der Waals surface area contributed by atoms with E-state index in [0.29, 0.717) is 23.0 Å². The van der Waals surface area contributed by atoms with Crippen LogP contribution in [0.2, 0.25) is 0 Å². The van der Waals surface area contributed by atoms with Crippen molar-refractivity contribution in [2.75, 3.05) is 37.2 Å². The van der Waals surface area contributed by atoms with Crippen LogP contribution in [0, 0.1) is 5.92 Å². The second-order valence-corrected chi connectivity index (χ2v) is 9.07. The van der Waals surface area contributed by atoms with E-state index in [4.69, 9.17) is 0 Å². The molecule has 0 bridgehead atoms. The molecule has 3 rings (SSSR count). The van der Waals surface area contributed by atoms with Crippen molar-refractivity contribution in [1.82, 2.24) is 25.0 Å². The van der Waals surface area contributed by atoms with Crippen molar-refractivity contribution >= 4 is 29.3 Å². The van der Waals surface area contributed by atoms with E-state index in [1.165, 1.54) is 37.7 Å². The minimum Gasteiger partial charge on any atom is -0.352 e. The predicted molar refractivity (Wildman–Crippen MR) is 123 cm³/mol. The summed E-state index contributed by atoms with van der Waals surface area (Å²) < 4.78 is 1.76. The van der Waals surface area contributed by atoms with Gasteiger partial charge in [-0.25, -0.2) is 0 Å². The number of piperidine rings is 1. The highest BCUT2D eigenvalue weighted by Crippen LogP contribution is 2.17. The van der Waals surface area contributed by atoms with Crippen molar-refractivity contribution in [2.45, 2.75) is 37.8 Å². The molecule has 2 heterocycles. The van der Waals surface area contributed by atoms with Crippen LogP contribution < -0.4 is 10.6 Å². The number of hydrogen-bond donors (Lipinski definition) is 2. The Kier molecular flexibility index (Phi) is 8.90. The molecular weight excluding hydrogens is 412 g/mol. The summed E-state index contributed by atoms with van der Waals surface area (Å²) in [6.07, 6.45) is 6.24. The molecule has 0 aliphatic carbocycles. The molecule has 168 valence electrons. The number of hydrogen-bond acceptors (Lipinski definition) is 6. The first-order valence-electron chi connectivity index (χ1n) is 10.9. The number of nitrogens with zero attached hydrogens (tertiary/aromatic N) is 4. The topological polar surface area (TPSA) is 92.2 Å². The molecule has 0 unspecified atom stereocenters. The summed E-state index contributed by atoms with van der Waals surface area (Å²) in [7, 11) is 1.83. The Hall–Kier alpha value is -2.39. The molecule has 1 fully saturated rings. The van der Waals surface area contributed by atoms with Crippen molar-refractivity contribution in [3.63, 3.8) is 0 Å². The number of thioether (sulfide) groups is 1. The first-order chi connectivity index (χ1) is 15.0. The van der Waals surface area contributed by atoms with E-state index >= 15 is 0 Å². The van der Waals surface area contributed by atoms with E-state index in [1.54, 1.807) is 35.2 Å². The molecule has 1 aromatic carbocycles. The van der Waals surface area contributed by atoms with Gasteiger partial charge in [0, 0.05) is 24.8 Å². The molecule has 9 heteroatoms. The maximum atomic E-state index is 12.4. The Morgan fingerprint density at radius 2 is 2.03 bits per heavy atom. The largest absolute Gasteiger partial charge is 0.352 e. The molecule has 0 atom stereocenters. The van der Waals surface area contributed by atoms with Gasteiger partial charge in [-0.15, -0.1) is 10.2 Å². The minimum absolute atomic E-state index is 0.114. The highest BCUT2D eigenvalue weighted by molar-refractivity contribution is 7.99. The van der Waals surface area contributed by atoms with Crippen LogP contribution in [0.25, 0.3) is 0 Å². The van der Waals surface area contributed by atoms with E-state index in [0.717, 1.165) is 25.3 Å². The number of likely N-dealkylation sites (tertiary alicyclic amines) is 1. The number of amides is 2. The van der Waals surface area contributed by atoms with E-state index in [9.17, 15) is 9.59 Å². The summed E-state index contributed by atoms with van der Waals surface area (Å²) in [5.41, 5.74) is 1.15. The maximum Gasteiger partial charge on any atom is 0.251 e. The molecule has 2 amide bonds. The molecule has 2 aromatic rings. The van der Waals surface area contributed by atoms with Crippen LogP contribution in [-0.4, -0.2) is 63.4 Å². The molecule has 0 radical (unpaired) electrons. The van der Waals surface area contributed by atoms with Gasteiger partial charge in [0.2, 0.25) is 5.91 Å². The van der Waals surface area contributed by atoms with Gasteiger partial charge in [0.15, 0.2) is 5.16 Å². The maximum absolute atomic E-state index is 12.4. The minimum atomic E-state index is -0.155. The third kappa shape index (κ3) is 7.66. The standard InChI is InChI=1S/C22H32N6O2S/c1-17-8-12-28(13-9-17)11-4-3-10-23-21(30)18-6-5-7-19(14-18)25-20(29)15-31-22-26-24-16-27(22)2/h5-7,14,16-17H,3-4,8-13,15H2,1-2H3,(H,23,30)(H,25,29). The lowest BCUT2D eigenvalue weighted by Crippen LogP contribution is -2.34. The number of unbranched alkanes of at least 4 members (excludes halogenated alkanes) is 1. The Morgan fingerprint density at radius 3 is 2.77 bits per heavy atom. The first-order valence-corrected chi connectivity index (χ1v) is 11.9. The Labute approximate surface area is 188 Å². The zero-order valence-electron chi connectivity index (χ0n) is 18.3. The van der Waals surface area contributed by atoms with Crippen molar-refractivity contribution in [3.05, 3.63) is 36.2 Å². The zero-order valence-corrected chi connectivity index (χ0v) is 19.2. The van der Waals surface area contributed by atoms with Crippen molar-refractivity contribution in [2.24, 2.45) is 13.0 Å². The zero-order chi connectivity index (χ0) is 22.1. The fraction of sp³-hybridized carbons (Fsp3) is 0.545. The van der Waals surface area contributed by atoms with Gasteiger partial charge < -0.3 is 20.1 Å². The molecule has 31 heavy (non-hydrogen) atoms. The molecule has 1 aliphatic heterocycles. The third-order valence-electron chi connectivity index (χ3n) is 5.47. The molecule has 1 aromatic heterocycles. The highest BCUT2D eigenvalue weighted by atomic mass is 32.2. The van der Waals surface area contributed by atoms with Crippen LogP contribution in [-0.2, 0) is 11.8 Å². The molecule has 8 nitrogen and oxygen atoms in total. The van der Waals surface area contributed by atoms with Crippen LogP contribution in [0.15, 0.2) is 35.7 Å². The van der Waals surface area contributed by atoms with E-state index in [2.05, 4.69) is 32.7 Å². The van der Waals surface area contributed by atoms with E-state index in [-0.39, 0.29) is 17.6 Å². The second-order valence-electron chi connectivity index (χ2n) is 8.13. The summed E-state index contributed by atoms with van der Waals surface area (Å²) in [5, 5.41) is 14.2. The fourth-order valence-electron chi connectivity index (χ4n) is 3.52. The first kappa shape index (κ1) is 23.3. The predicted octanol–water partition coefficient (Wildman–Crippen LogP) is 2.79. The quantitative estimate of drug-likeness (QED) is 0.432. The average Bonchev–Trinajstić information content (AvgIpc) is 3.18. The average molecular weight is 445 g/mol. The number of carbonyl (C=O) groups is 2. The van der Waals surface area contributed by atoms with Crippen molar-refractivity contribution in [1.29, 1.82) is 0 Å². The van der Waals surface area contributed by atoms with E-state index in [1.807, 2.05) is 7.05 Å². The van der Waals surface area contributed by atoms with Crippen molar-refractivity contribution < 1.29 is 9.59 Å². The molecule has 0 saturated carbocycles. The molecular formula is C22H32N6O2S. The van der Waals surface area contributed by atoms with Crippen LogP contribution in [0.4, 0.5) is 5.69 Å². The number of rotatable bonds is 10. The van der Waals surface area contributed by atoms with Crippen LogP contribution in [0.3, 0.4) is 0 Å². The van der Waals surface area contributed by atoms with Gasteiger partial charge in [0.05, 0.1) is 5.75 Å². The SMILES string of the molecule is CC1CCN(CCCCNC(=O)c2cccc(NC(=O)CSc3nncn3C)c2)CC1. The number of aromatic nitrogens is 3. The lowest BCUT2D eigenvalue weighted by atomic mass is 9.99. The molecule has 2 N–H and O–H groups in total. The van der Waals surface area contributed by atoms with E-state index < -0.39 is 0 Å². The summed E-state index contributed by atoms with van der Waals surface area (Å²) in [6, 6.07) is 7.02. The number of carbonyl (C=O) groups excluding carboxylic acids is 2. The van der Waals surface area contributed by atoms with Gasteiger partial charge >= 0.3 is 0 Å². The monoisotopic (exact) mass is 444 g/mol. The Bertz CT molecular complexity index is 863. The Morgan fingerprint density at radius 1 is 1.23 bits per heavy atom. The van der Waals surface area contributed by atoms with Gasteiger partial charge in [-0.05, 0) is 69.4 Å². The summed E-state index contributed by atoms with van der Waals surface area (Å²) in [4.78, 5) is 27.2. The summed E-state index contributed by atoms with van der Waals surface area (Å²) in [6.45, 7) is 6.49. The summed E-state index contributed by atoms with van der Waals surface area (Å²) in [5.74, 6) is 0.806.